The van der Waals surface area contributed by atoms with Gasteiger partial charge in [0.05, 0.1) is 26.9 Å². The number of esters is 1. The lowest BCUT2D eigenvalue weighted by Crippen LogP contribution is -2.43. The lowest BCUT2D eigenvalue weighted by molar-refractivity contribution is -0.143. The van der Waals surface area contributed by atoms with Gasteiger partial charge in [-0.2, -0.15) is 0 Å². The van der Waals surface area contributed by atoms with Gasteiger partial charge in [0.2, 0.25) is 0 Å². The van der Waals surface area contributed by atoms with Crippen molar-refractivity contribution in [1.82, 2.24) is 5.32 Å². The van der Waals surface area contributed by atoms with Crippen molar-refractivity contribution in [2.45, 2.75) is 86.3 Å². The van der Waals surface area contributed by atoms with Crippen molar-refractivity contribution >= 4 is 24.4 Å². The van der Waals surface area contributed by atoms with Gasteiger partial charge < -0.3 is 38.5 Å². The number of hydrogen-bond donors (Lipinski definition) is 1. The fraction of sp³-hybridized carbons (Fsp3) is 0.677. The second-order valence-electron chi connectivity index (χ2n) is 10.8. The Morgan fingerprint density at radius 3 is 1.70 bits per heavy atom. The molecule has 12 heteroatoms. The van der Waals surface area contributed by atoms with Gasteiger partial charge in [0.25, 0.3) is 0 Å². The smallest absolute Gasteiger partial charge is 0.468 e. The van der Waals surface area contributed by atoms with Crippen LogP contribution in [0.1, 0.15) is 73.3 Å². The van der Waals surface area contributed by atoms with Crippen molar-refractivity contribution in [1.29, 1.82) is 0 Å². The summed E-state index contributed by atoms with van der Waals surface area (Å²) >= 11 is 0. The van der Waals surface area contributed by atoms with Crippen LogP contribution in [0.5, 0.6) is 11.5 Å². The van der Waals surface area contributed by atoms with E-state index in [-0.39, 0.29) is 62.0 Å². The van der Waals surface area contributed by atoms with Crippen LogP contribution in [-0.2, 0) is 34.9 Å². The zero-order valence-electron chi connectivity index (χ0n) is 26.8. The van der Waals surface area contributed by atoms with Crippen LogP contribution in [0.3, 0.4) is 0 Å². The van der Waals surface area contributed by atoms with Crippen LogP contribution in [0.4, 0.5) is 14.4 Å². The summed E-state index contributed by atoms with van der Waals surface area (Å²) in [7, 11) is 1.26. The summed E-state index contributed by atoms with van der Waals surface area (Å²) < 4.78 is 36.4. The van der Waals surface area contributed by atoms with E-state index in [0.717, 1.165) is 19.3 Å². The monoisotopic (exact) mass is 611 g/mol. The number of rotatable bonds is 18. The molecule has 0 aliphatic carbocycles. The summed E-state index contributed by atoms with van der Waals surface area (Å²) in [5.41, 5.74) is 0.550. The zero-order chi connectivity index (χ0) is 32.4. The Bertz CT molecular complexity index is 1020. The van der Waals surface area contributed by atoms with E-state index in [4.69, 9.17) is 33.2 Å². The Hall–Kier alpha value is -3.54. The molecule has 0 saturated heterocycles. The van der Waals surface area contributed by atoms with Gasteiger partial charge in [-0.1, -0.05) is 66.9 Å². The summed E-state index contributed by atoms with van der Waals surface area (Å²) in [6.07, 6.45) is -0.704. The largest absolute Gasteiger partial charge is 0.513 e. The minimum atomic E-state index is -0.968. The van der Waals surface area contributed by atoms with E-state index in [9.17, 15) is 19.2 Å². The van der Waals surface area contributed by atoms with Gasteiger partial charge in [-0.05, 0) is 48.8 Å². The van der Waals surface area contributed by atoms with Crippen molar-refractivity contribution in [2.24, 2.45) is 17.8 Å². The quantitative estimate of drug-likeness (QED) is 0.117. The molecule has 4 unspecified atom stereocenters. The molecule has 0 aliphatic heterocycles. The first-order valence-corrected chi connectivity index (χ1v) is 14.9. The Balaban J connectivity index is 3.01. The SMILES string of the molecule is CCC(C)COC(=O)Oc1ccc(C[C@H](NCC(C)OC(=O)OCC(C)CC)C(=O)OC)cc1OC(=O)OCC(C)CC. The number of carbonyl (C=O) groups excluding carboxylic acids is 4. The molecule has 0 bridgehead atoms. The summed E-state index contributed by atoms with van der Waals surface area (Å²) in [6, 6.07) is 3.67. The number of methoxy groups -OCH3 is 1. The molecule has 1 aromatic carbocycles. The highest BCUT2D eigenvalue weighted by Crippen LogP contribution is 2.30. The van der Waals surface area contributed by atoms with Crippen LogP contribution >= 0.6 is 0 Å². The minimum Gasteiger partial charge on any atom is -0.468 e. The Kier molecular flexibility index (Phi) is 17.8. The number of hydrogen-bond acceptors (Lipinski definition) is 12. The number of nitrogens with one attached hydrogen (secondary N) is 1. The molecular formula is C31H49NO11. The maximum absolute atomic E-state index is 12.6. The standard InChI is InChI=1S/C31H49NO11/c1-9-20(4)17-38-29(34)41-23(7)16-32-25(28(33)37-8)14-24-12-13-26(42-30(35)39-18-21(5)10-2)27(15-24)43-31(36)40-19-22(6)11-3/h12-13,15,20-23,25,32H,9-11,14,16-19H2,1-8H3/t20?,21?,22?,23?,25-/m0/s1. The minimum absolute atomic E-state index is 0.0566. The fourth-order valence-electron chi connectivity index (χ4n) is 3.23. The van der Waals surface area contributed by atoms with Crippen molar-refractivity contribution in [2.75, 3.05) is 33.5 Å². The molecular weight excluding hydrogens is 562 g/mol. The summed E-state index contributed by atoms with van der Waals surface area (Å²) in [4.78, 5) is 49.2. The summed E-state index contributed by atoms with van der Waals surface area (Å²) in [5.74, 6) is -0.212. The van der Waals surface area contributed by atoms with Crippen LogP contribution in [0.15, 0.2) is 18.2 Å². The van der Waals surface area contributed by atoms with Crippen molar-refractivity contribution in [3.8, 4) is 11.5 Å². The third-order valence-electron chi connectivity index (χ3n) is 6.82. The topological polar surface area (TPSA) is 145 Å². The van der Waals surface area contributed by atoms with Gasteiger partial charge in [-0.15, -0.1) is 0 Å². The highest BCUT2D eigenvalue weighted by molar-refractivity contribution is 5.76. The predicted octanol–water partition coefficient (Wildman–Crippen LogP) is 6.07. The summed E-state index contributed by atoms with van der Waals surface area (Å²) in [5, 5.41) is 3.03. The molecule has 0 heterocycles. The van der Waals surface area contributed by atoms with E-state index in [1.54, 1.807) is 13.0 Å². The first kappa shape index (κ1) is 37.5. The maximum atomic E-state index is 12.6. The normalized spacial score (nSPS) is 14.3. The number of carbonyl (C=O) groups is 4. The molecule has 12 nitrogen and oxygen atoms in total. The first-order chi connectivity index (χ1) is 20.4. The maximum Gasteiger partial charge on any atom is 0.513 e. The molecule has 1 N–H and O–H groups in total. The van der Waals surface area contributed by atoms with E-state index in [1.807, 2.05) is 41.5 Å². The number of ether oxygens (including phenoxy) is 7. The van der Waals surface area contributed by atoms with E-state index in [2.05, 4.69) is 5.32 Å². The molecule has 0 saturated carbocycles. The van der Waals surface area contributed by atoms with Crippen LogP contribution in [0, 0.1) is 17.8 Å². The predicted molar refractivity (Wildman–Crippen MR) is 158 cm³/mol. The average molecular weight is 612 g/mol. The zero-order valence-corrected chi connectivity index (χ0v) is 26.8. The second kappa shape index (κ2) is 20.4. The molecule has 0 fully saturated rings. The third kappa shape index (κ3) is 15.5. The van der Waals surface area contributed by atoms with Gasteiger partial charge in [-0.3, -0.25) is 4.79 Å². The molecule has 1 aromatic rings. The van der Waals surface area contributed by atoms with Crippen molar-refractivity contribution < 1.29 is 52.3 Å². The van der Waals surface area contributed by atoms with Gasteiger partial charge in [0.15, 0.2) is 11.5 Å². The van der Waals surface area contributed by atoms with E-state index in [1.165, 1.54) is 19.2 Å². The van der Waals surface area contributed by atoms with Gasteiger partial charge in [-0.25, -0.2) is 14.4 Å². The molecule has 0 spiro atoms. The van der Waals surface area contributed by atoms with Crippen LogP contribution < -0.4 is 14.8 Å². The Morgan fingerprint density at radius 2 is 1.21 bits per heavy atom. The lowest BCUT2D eigenvalue weighted by Gasteiger charge is -2.20. The Labute approximate surface area is 255 Å². The van der Waals surface area contributed by atoms with E-state index < -0.39 is 36.6 Å². The summed E-state index contributed by atoms with van der Waals surface area (Å²) in [6.45, 7) is 14.1. The molecule has 5 atom stereocenters. The Morgan fingerprint density at radius 1 is 0.721 bits per heavy atom. The highest BCUT2D eigenvalue weighted by Gasteiger charge is 2.24. The van der Waals surface area contributed by atoms with Gasteiger partial charge in [0, 0.05) is 6.54 Å². The van der Waals surface area contributed by atoms with Crippen LogP contribution in [0.2, 0.25) is 0 Å². The fourth-order valence-corrected chi connectivity index (χ4v) is 3.23. The van der Waals surface area contributed by atoms with Crippen LogP contribution in [0.25, 0.3) is 0 Å². The van der Waals surface area contributed by atoms with Crippen molar-refractivity contribution in [3.63, 3.8) is 0 Å². The van der Waals surface area contributed by atoms with Gasteiger partial charge in [0.1, 0.15) is 12.1 Å². The van der Waals surface area contributed by atoms with Crippen LogP contribution in [-0.4, -0.2) is 70.1 Å². The van der Waals surface area contributed by atoms with E-state index >= 15 is 0 Å². The average Bonchev–Trinajstić information content (AvgIpc) is 2.99. The highest BCUT2D eigenvalue weighted by atomic mass is 16.7. The lowest BCUT2D eigenvalue weighted by atomic mass is 10.0. The molecule has 43 heavy (non-hydrogen) atoms. The molecule has 0 aromatic heterocycles. The molecule has 0 amide bonds. The molecule has 1 rings (SSSR count). The van der Waals surface area contributed by atoms with Gasteiger partial charge >= 0.3 is 24.4 Å². The van der Waals surface area contributed by atoms with E-state index in [0.29, 0.717) is 5.56 Å². The third-order valence-corrected chi connectivity index (χ3v) is 6.82. The number of benzene rings is 1. The second-order valence-corrected chi connectivity index (χ2v) is 10.8. The molecule has 0 aliphatic rings. The van der Waals surface area contributed by atoms with Crippen molar-refractivity contribution in [3.05, 3.63) is 23.8 Å². The molecule has 244 valence electrons. The first-order valence-electron chi connectivity index (χ1n) is 14.9. The molecule has 0 radical (unpaired) electrons.